The molecule has 0 unspecified atom stereocenters. The molecule has 0 aromatic carbocycles. The highest BCUT2D eigenvalue weighted by Gasteiger charge is 2.05. The summed E-state index contributed by atoms with van der Waals surface area (Å²) in [6.45, 7) is 0.722. The Kier molecular flexibility index (Phi) is 3.72. The molecule has 0 bridgehead atoms. The molecule has 0 aliphatic heterocycles. The molecule has 6 heteroatoms. The number of pyridine rings is 1. The zero-order valence-corrected chi connectivity index (χ0v) is 9.85. The SMILES string of the molecule is Nc1ncnc(NCCc2ccncc2)c1Cl. The highest BCUT2D eigenvalue weighted by atomic mass is 35.5. The van der Waals surface area contributed by atoms with Gasteiger partial charge in [0.05, 0.1) is 0 Å². The van der Waals surface area contributed by atoms with Crippen molar-refractivity contribution >= 4 is 23.2 Å². The maximum absolute atomic E-state index is 5.95. The summed E-state index contributed by atoms with van der Waals surface area (Å²) in [7, 11) is 0. The van der Waals surface area contributed by atoms with Gasteiger partial charge in [0.1, 0.15) is 23.0 Å². The number of halogens is 1. The summed E-state index contributed by atoms with van der Waals surface area (Å²) in [4.78, 5) is 11.8. The molecule has 2 aromatic heterocycles. The fourth-order valence-electron chi connectivity index (χ4n) is 1.38. The van der Waals surface area contributed by atoms with Gasteiger partial charge < -0.3 is 11.1 Å². The van der Waals surface area contributed by atoms with Crippen molar-refractivity contribution in [1.29, 1.82) is 0 Å². The van der Waals surface area contributed by atoms with E-state index in [1.54, 1.807) is 12.4 Å². The first kappa shape index (κ1) is 11.6. The van der Waals surface area contributed by atoms with Crippen LogP contribution in [0.15, 0.2) is 30.9 Å². The van der Waals surface area contributed by atoms with E-state index >= 15 is 0 Å². The first-order chi connectivity index (χ1) is 8.27. The Balaban J connectivity index is 1.93. The van der Waals surface area contributed by atoms with Crippen molar-refractivity contribution in [2.24, 2.45) is 0 Å². The van der Waals surface area contributed by atoms with E-state index in [0.717, 1.165) is 13.0 Å². The first-order valence-corrected chi connectivity index (χ1v) is 5.54. The molecule has 2 heterocycles. The van der Waals surface area contributed by atoms with Gasteiger partial charge in [0, 0.05) is 18.9 Å². The maximum Gasteiger partial charge on any atom is 0.150 e. The van der Waals surface area contributed by atoms with E-state index in [0.29, 0.717) is 10.8 Å². The number of anilines is 2. The predicted octanol–water partition coefficient (Wildman–Crippen LogP) is 1.76. The van der Waals surface area contributed by atoms with Crippen LogP contribution in [0, 0.1) is 0 Å². The zero-order valence-electron chi connectivity index (χ0n) is 9.10. The monoisotopic (exact) mass is 249 g/mol. The number of hydrogen-bond donors (Lipinski definition) is 2. The fraction of sp³-hybridized carbons (Fsp3) is 0.182. The van der Waals surface area contributed by atoms with Gasteiger partial charge in [-0.15, -0.1) is 0 Å². The van der Waals surface area contributed by atoms with E-state index in [9.17, 15) is 0 Å². The third-order valence-corrected chi connectivity index (χ3v) is 2.64. The molecule has 17 heavy (non-hydrogen) atoms. The number of nitrogens with one attached hydrogen (secondary N) is 1. The average Bonchev–Trinajstić information content (AvgIpc) is 2.36. The largest absolute Gasteiger partial charge is 0.382 e. The summed E-state index contributed by atoms with van der Waals surface area (Å²) in [5.74, 6) is 0.848. The molecule has 3 N–H and O–H groups in total. The third kappa shape index (κ3) is 3.04. The quantitative estimate of drug-likeness (QED) is 0.864. The van der Waals surface area contributed by atoms with Crippen LogP contribution in [0.4, 0.5) is 11.6 Å². The second-order valence-electron chi connectivity index (χ2n) is 3.45. The third-order valence-electron chi connectivity index (χ3n) is 2.27. The second-order valence-corrected chi connectivity index (χ2v) is 3.83. The van der Waals surface area contributed by atoms with Crippen molar-refractivity contribution < 1.29 is 0 Å². The highest BCUT2D eigenvalue weighted by Crippen LogP contribution is 2.22. The van der Waals surface area contributed by atoms with Crippen molar-refractivity contribution in [3.8, 4) is 0 Å². The minimum absolute atomic E-state index is 0.285. The lowest BCUT2D eigenvalue weighted by Crippen LogP contribution is -2.08. The Labute approximate surface area is 104 Å². The van der Waals surface area contributed by atoms with Crippen molar-refractivity contribution in [3.05, 3.63) is 41.4 Å². The van der Waals surface area contributed by atoms with Gasteiger partial charge in [-0.25, -0.2) is 9.97 Å². The van der Waals surface area contributed by atoms with Gasteiger partial charge in [0.2, 0.25) is 0 Å². The molecule has 2 aromatic rings. The molecular weight excluding hydrogens is 238 g/mol. The minimum atomic E-state index is 0.285. The molecule has 0 atom stereocenters. The lowest BCUT2D eigenvalue weighted by atomic mass is 10.2. The van der Waals surface area contributed by atoms with E-state index in [4.69, 9.17) is 17.3 Å². The summed E-state index contributed by atoms with van der Waals surface area (Å²) in [5.41, 5.74) is 6.77. The summed E-state index contributed by atoms with van der Waals surface area (Å²) < 4.78 is 0. The molecule has 0 fully saturated rings. The maximum atomic E-state index is 5.95. The topological polar surface area (TPSA) is 76.7 Å². The van der Waals surface area contributed by atoms with Crippen LogP contribution < -0.4 is 11.1 Å². The van der Waals surface area contributed by atoms with E-state index in [1.165, 1.54) is 11.9 Å². The van der Waals surface area contributed by atoms with E-state index in [2.05, 4.69) is 20.3 Å². The molecule has 0 saturated carbocycles. The molecule has 88 valence electrons. The number of hydrogen-bond acceptors (Lipinski definition) is 5. The van der Waals surface area contributed by atoms with E-state index in [-0.39, 0.29) is 5.82 Å². The molecule has 0 aliphatic carbocycles. The summed E-state index contributed by atoms with van der Waals surface area (Å²) in [6.07, 6.45) is 5.79. The van der Waals surface area contributed by atoms with Crippen molar-refractivity contribution in [2.75, 3.05) is 17.6 Å². The van der Waals surface area contributed by atoms with Crippen LogP contribution in [0.3, 0.4) is 0 Å². The number of aromatic nitrogens is 3. The number of nitrogens with zero attached hydrogens (tertiary/aromatic N) is 3. The van der Waals surface area contributed by atoms with Gasteiger partial charge in [-0.3, -0.25) is 4.98 Å². The molecular formula is C11H12ClN5. The molecule has 5 nitrogen and oxygen atoms in total. The van der Waals surface area contributed by atoms with Gasteiger partial charge >= 0.3 is 0 Å². The standard InChI is InChI=1S/C11H12ClN5/c12-9-10(13)16-7-17-11(9)15-6-3-8-1-4-14-5-2-8/h1-2,4-5,7H,3,6H2,(H3,13,15,16,17). The van der Waals surface area contributed by atoms with Crippen molar-refractivity contribution in [3.63, 3.8) is 0 Å². The van der Waals surface area contributed by atoms with Crippen LogP contribution in [-0.2, 0) is 6.42 Å². The molecule has 0 spiro atoms. The van der Waals surface area contributed by atoms with Crippen LogP contribution in [0.2, 0.25) is 5.02 Å². The van der Waals surface area contributed by atoms with Gasteiger partial charge in [-0.05, 0) is 24.1 Å². The Morgan fingerprint density at radius 1 is 1.24 bits per heavy atom. The molecule has 0 amide bonds. The number of rotatable bonds is 4. The van der Waals surface area contributed by atoms with Gasteiger partial charge in [-0.2, -0.15) is 0 Å². The summed E-state index contributed by atoms with van der Waals surface area (Å²) in [5, 5.41) is 3.48. The van der Waals surface area contributed by atoms with Crippen molar-refractivity contribution in [1.82, 2.24) is 15.0 Å². The summed E-state index contributed by atoms with van der Waals surface area (Å²) in [6, 6.07) is 3.94. The van der Waals surface area contributed by atoms with Crippen LogP contribution in [-0.4, -0.2) is 21.5 Å². The van der Waals surface area contributed by atoms with E-state index < -0.39 is 0 Å². The smallest absolute Gasteiger partial charge is 0.150 e. The average molecular weight is 250 g/mol. The zero-order chi connectivity index (χ0) is 12.1. The second kappa shape index (κ2) is 5.45. The number of nitrogen functional groups attached to an aromatic ring is 1. The van der Waals surface area contributed by atoms with Crippen LogP contribution >= 0.6 is 11.6 Å². The Morgan fingerprint density at radius 2 is 2.00 bits per heavy atom. The molecule has 2 rings (SSSR count). The predicted molar refractivity (Wildman–Crippen MR) is 67.9 cm³/mol. The molecule has 0 saturated heterocycles. The lowest BCUT2D eigenvalue weighted by Gasteiger charge is -2.07. The lowest BCUT2D eigenvalue weighted by molar-refractivity contribution is 0.995. The first-order valence-electron chi connectivity index (χ1n) is 5.16. The number of nitrogens with two attached hydrogens (primary N) is 1. The van der Waals surface area contributed by atoms with Gasteiger partial charge in [-0.1, -0.05) is 11.6 Å². The van der Waals surface area contributed by atoms with Gasteiger partial charge in [0.15, 0.2) is 0 Å². The van der Waals surface area contributed by atoms with E-state index in [1.807, 2.05) is 12.1 Å². The molecule has 0 radical (unpaired) electrons. The molecule has 0 aliphatic rings. The van der Waals surface area contributed by atoms with Crippen molar-refractivity contribution in [2.45, 2.75) is 6.42 Å². The Bertz CT molecular complexity index is 488. The Hall–Kier alpha value is -1.88. The van der Waals surface area contributed by atoms with Crippen LogP contribution in [0.25, 0.3) is 0 Å². The highest BCUT2D eigenvalue weighted by molar-refractivity contribution is 6.35. The Morgan fingerprint density at radius 3 is 2.76 bits per heavy atom. The summed E-state index contributed by atoms with van der Waals surface area (Å²) >= 11 is 5.95. The van der Waals surface area contributed by atoms with Gasteiger partial charge in [0.25, 0.3) is 0 Å². The minimum Gasteiger partial charge on any atom is -0.382 e. The fourth-order valence-corrected chi connectivity index (χ4v) is 1.55. The normalized spacial score (nSPS) is 10.2. The van der Waals surface area contributed by atoms with Crippen LogP contribution in [0.1, 0.15) is 5.56 Å². The van der Waals surface area contributed by atoms with Crippen LogP contribution in [0.5, 0.6) is 0 Å².